The van der Waals surface area contributed by atoms with E-state index in [9.17, 15) is 4.79 Å². The smallest absolute Gasteiger partial charge is 0.227 e. The molecule has 3 aliphatic rings. The predicted molar refractivity (Wildman–Crippen MR) is 169 cm³/mol. The highest BCUT2D eigenvalue weighted by Crippen LogP contribution is 2.40. The van der Waals surface area contributed by atoms with Gasteiger partial charge in [-0.1, -0.05) is 60.7 Å². The van der Waals surface area contributed by atoms with Crippen molar-refractivity contribution >= 4 is 29.1 Å². The third-order valence-corrected chi connectivity index (χ3v) is 10.2. The first-order chi connectivity index (χ1) is 19.8. The molecule has 0 aromatic heterocycles. The quantitative estimate of drug-likeness (QED) is 0.305. The van der Waals surface area contributed by atoms with Crippen LogP contribution in [-0.4, -0.2) is 78.6 Å². The van der Waals surface area contributed by atoms with Crippen LogP contribution < -0.4 is 4.74 Å². The minimum Gasteiger partial charge on any atom is -0.491 e. The number of ether oxygens (including phenoxy) is 1. The molecule has 2 heterocycles. The van der Waals surface area contributed by atoms with Gasteiger partial charge in [0, 0.05) is 50.7 Å². The zero-order chi connectivity index (χ0) is 28.8. The molecule has 0 radical (unpaired) electrons. The van der Waals surface area contributed by atoms with Gasteiger partial charge in [0.15, 0.2) is 0 Å². The molecule has 0 bridgehead atoms. The summed E-state index contributed by atoms with van der Waals surface area (Å²) in [6, 6.07) is 14.9. The maximum Gasteiger partial charge on any atom is 0.227 e. The van der Waals surface area contributed by atoms with Gasteiger partial charge in [0.05, 0.1) is 22.6 Å². The van der Waals surface area contributed by atoms with Crippen molar-refractivity contribution in [2.45, 2.75) is 89.2 Å². The fraction of sp³-hybridized carbons (Fsp3) is 0.618. The number of halogens is 2. The van der Waals surface area contributed by atoms with E-state index in [-0.39, 0.29) is 17.4 Å². The molecule has 224 valence electrons. The van der Waals surface area contributed by atoms with Crippen LogP contribution in [0.5, 0.6) is 5.75 Å². The maximum atomic E-state index is 13.7. The topological polar surface area (TPSA) is 36.0 Å². The Kier molecular flexibility index (Phi) is 10.6. The van der Waals surface area contributed by atoms with E-state index in [2.05, 4.69) is 20.8 Å². The third kappa shape index (κ3) is 7.98. The summed E-state index contributed by atoms with van der Waals surface area (Å²) >= 11 is 12.9. The van der Waals surface area contributed by atoms with E-state index in [1.165, 1.54) is 50.8 Å². The van der Waals surface area contributed by atoms with Crippen molar-refractivity contribution < 1.29 is 9.53 Å². The lowest BCUT2D eigenvalue weighted by atomic mass is 9.71. The van der Waals surface area contributed by atoms with E-state index in [0.717, 1.165) is 62.8 Å². The number of likely N-dealkylation sites (tertiary alicyclic amines) is 1. The molecular weight excluding hydrogens is 553 g/mol. The summed E-state index contributed by atoms with van der Waals surface area (Å²) in [5.41, 5.74) is 2.07. The Hall–Kier alpha value is -1.79. The van der Waals surface area contributed by atoms with Crippen molar-refractivity contribution in [2.75, 3.05) is 45.8 Å². The van der Waals surface area contributed by atoms with Gasteiger partial charge in [0.2, 0.25) is 5.91 Å². The number of carbonyl (C=O) groups is 1. The number of nitrogens with zero attached hydrogens (tertiary/aromatic N) is 3. The number of amides is 1. The third-order valence-electron chi connectivity index (χ3n) is 9.49. The van der Waals surface area contributed by atoms with Crippen LogP contribution in [0.1, 0.15) is 76.3 Å². The Morgan fingerprint density at radius 1 is 0.951 bits per heavy atom. The number of piperidine rings is 1. The normalized spacial score (nSPS) is 23.2. The zero-order valence-electron chi connectivity index (χ0n) is 24.9. The number of piperazine rings is 1. The summed E-state index contributed by atoms with van der Waals surface area (Å²) < 4.78 is 5.87. The van der Waals surface area contributed by atoms with Gasteiger partial charge >= 0.3 is 0 Å². The molecule has 1 aliphatic carbocycles. The van der Waals surface area contributed by atoms with Crippen LogP contribution in [0.4, 0.5) is 0 Å². The minimum absolute atomic E-state index is 0.102. The fourth-order valence-electron chi connectivity index (χ4n) is 7.21. The van der Waals surface area contributed by atoms with Gasteiger partial charge < -0.3 is 14.5 Å². The molecule has 0 spiro atoms. The summed E-state index contributed by atoms with van der Waals surface area (Å²) in [6.45, 7) is 11.2. The van der Waals surface area contributed by atoms with E-state index in [1.54, 1.807) is 0 Å². The van der Waals surface area contributed by atoms with Crippen molar-refractivity contribution in [3.63, 3.8) is 0 Å². The van der Waals surface area contributed by atoms with Crippen LogP contribution in [0.3, 0.4) is 0 Å². The SMILES string of the molecule is CC(C)Oc1cccc(CC(=O)N2CCCC(CCN3CCN(C4CCCCC4)CC3)(c3ccc(Cl)c(Cl)c3)C2)c1. The monoisotopic (exact) mass is 599 g/mol. The van der Waals surface area contributed by atoms with Gasteiger partial charge in [-0.05, 0) is 87.9 Å². The molecule has 1 saturated carbocycles. The second-order valence-electron chi connectivity index (χ2n) is 12.7. The minimum atomic E-state index is -0.134. The Morgan fingerprint density at radius 3 is 2.46 bits per heavy atom. The molecule has 1 amide bonds. The summed E-state index contributed by atoms with van der Waals surface area (Å²) in [5.74, 6) is 0.995. The number of hydrogen-bond donors (Lipinski definition) is 0. The van der Waals surface area contributed by atoms with E-state index in [1.807, 2.05) is 50.2 Å². The van der Waals surface area contributed by atoms with Crippen molar-refractivity contribution in [1.82, 2.24) is 14.7 Å². The Bertz CT molecular complexity index is 1160. The predicted octanol–water partition coefficient (Wildman–Crippen LogP) is 7.22. The molecule has 3 fully saturated rings. The second-order valence-corrected chi connectivity index (χ2v) is 13.6. The standard InChI is InChI=1S/C34H47Cl2N3O2/c1-26(2)41-30-11-6-8-27(22-30)23-33(40)39-16-7-14-34(25-39,28-12-13-31(35)32(36)24-28)15-17-37-18-20-38(21-19-37)29-9-4-3-5-10-29/h6,8,11-13,22,24,26,29H,3-5,7,9-10,14-21,23,25H2,1-2H3. The fourth-order valence-corrected chi connectivity index (χ4v) is 7.51. The van der Waals surface area contributed by atoms with Gasteiger partial charge in [-0.3, -0.25) is 9.69 Å². The van der Waals surface area contributed by atoms with Crippen LogP contribution in [0.2, 0.25) is 10.0 Å². The number of rotatable bonds is 9. The van der Waals surface area contributed by atoms with Crippen LogP contribution in [-0.2, 0) is 16.6 Å². The highest BCUT2D eigenvalue weighted by atomic mass is 35.5. The van der Waals surface area contributed by atoms with Crippen LogP contribution in [0.25, 0.3) is 0 Å². The second kappa shape index (κ2) is 14.1. The lowest BCUT2D eigenvalue weighted by molar-refractivity contribution is -0.132. The van der Waals surface area contributed by atoms with Crippen molar-refractivity contribution in [3.05, 3.63) is 63.6 Å². The average molecular weight is 601 g/mol. The van der Waals surface area contributed by atoms with Crippen molar-refractivity contribution in [2.24, 2.45) is 0 Å². The highest BCUT2D eigenvalue weighted by molar-refractivity contribution is 6.42. The van der Waals surface area contributed by atoms with E-state index >= 15 is 0 Å². The summed E-state index contributed by atoms with van der Waals surface area (Å²) in [5, 5.41) is 1.17. The molecule has 2 aliphatic heterocycles. The Morgan fingerprint density at radius 2 is 1.73 bits per heavy atom. The van der Waals surface area contributed by atoms with Crippen molar-refractivity contribution in [3.8, 4) is 5.75 Å². The molecule has 7 heteroatoms. The van der Waals surface area contributed by atoms with Gasteiger partial charge in [0.1, 0.15) is 5.75 Å². The molecule has 2 aromatic carbocycles. The van der Waals surface area contributed by atoms with Gasteiger partial charge in [-0.2, -0.15) is 0 Å². The zero-order valence-corrected chi connectivity index (χ0v) is 26.4. The molecule has 5 rings (SSSR count). The molecule has 2 aromatic rings. The number of carbonyl (C=O) groups excluding carboxylic acids is 1. The first-order valence-corrected chi connectivity index (χ1v) is 16.5. The van der Waals surface area contributed by atoms with Crippen LogP contribution in [0, 0.1) is 0 Å². The Balaban J connectivity index is 1.27. The van der Waals surface area contributed by atoms with Gasteiger partial charge in [-0.15, -0.1) is 0 Å². The first kappa shape index (κ1) is 30.7. The maximum absolute atomic E-state index is 13.7. The molecule has 41 heavy (non-hydrogen) atoms. The first-order valence-electron chi connectivity index (χ1n) is 15.8. The number of benzene rings is 2. The molecule has 0 N–H and O–H groups in total. The highest BCUT2D eigenvalue weighted by Gasteiger charge is 2.39. The van der Waals surface area contributed by atoms with E-state index < -0.39 is 0 Å². The summed E-state index contributed by atoms with van der Waals surface area (Å²) in [6.07, 6.45) is 10.5. The molecule has 1 unspecified atom stereocenters. The molecule has 2 saturated heterocycles. The van der Waals surface area contributed by atoms with E-state index in [4.69, 9.17) is 27.9 Å². The van der Waals surface area contributed by atoms with E-state index in [0.29, 0.717) is 23.0 Å². The molecular formula is C34H47Cl2N3O2. The number of hydrogen-bond acceptors (Lipinski definition) is 4. The Labute approximate surface area is 257 Å². The molecule has 5 nitrogen and oxygen atoms in total. The average Bonchev–Trinajstić information content (AvgIpc) is 2.98. The van der Waals surface area contributed by atoms with Crippen LogP contribution in [0.15, 0.2) is 42.5 Å². The largest absolute Gasteiger partial charge is 0.491 e. The van der Waals surface area contributed by atoms with Gasteiger partial charge in [0.25, 0.3) is 0 Å². The van der Waals surface area contributed by atoms with Crippen molar-refractivity contribution in [1.29, 1.82) is 0 Å². The lowest BCUT2D eigenvalue weighted by Gasteiger charge is -2.46. The summed E-state index contributed by atoms with van der Waals surface area (Å²) in [7, 11) is 0. The summed E-state index contributed by atoms with van der Waals surface area (Å²) in [4.78, 5) is 21.1. The lowest BCUT2D eigenvalue weighted by Crippen LogP contribution is -2.53. The van der Waals surface area contributed by atoms with Crippen LogP contribution >= 0.6 is 23.2 Å². The molecule has 1 atom stereocenters. The van der Waals surface area contributed by atoms with Gasteiger partial charge in [-0.25, -0.2) is 0 Å².